The van der Waals surface area contributed by atoms with E-state index in [1.165, 1.54) is 0 Å². The number of carbonyl (C=O) groups is 2. The summed E-state index contributed by atoms with van der Waals surface area (Å²) in [6.45, 7) is 0.543. The number of hydrogen-bond donors (Lipinski definition) is 3. The van der Waals surface area contributed by atoms with Crippen molar-refractivity contribution in [3.05, 3.63) is 24.3 Å². The molecule has 0 saturated carbocycles. The minimum Gasteiger partial charge on any atom is -0.481 e. The van der Waals surface area contributed by atoms with E-state index in [0.717, 1.165) is 24.2 Å². The third-order valence-electron chi connectivity index (χ3n) is 2.99. The molecule has 6 heteroatoms. The molecule has 2 amide bonds. The first-order chi connectivity index (χ1) is 9.99. The number of urea groups is 1. The number of benzene rings is 1. The van der Waals surface area contributed by atoms with Crippen molar-refractivity contribution < 1.29 is 14.7 Å². The Morgan fingerprint density at radius 3 is 2.33 bits per heavy atom. The van der Waals surface area contributed by atoms with E-state index in [-0.39, 0.29) is 12.5 Å². The average molecular weight is 293 g/mol. The Bertz CT molecular complexity index is 458. The Labute approximate surface area is 125 Å². The molecule has 0 heterocycles. The molecule has 0 saturated heterocycles. The van der Waals surface area contributed by atoms with Crippen LogP contribution in [0.2, 0.25) is 0 Å². The lowest BCUT2D eigenvalue weighted by molar-refractivity contribution is -0.137. The molecular weight excluding hydrogens is 270 g/mol. The SMILES string of the molecule is CN(C)c1ccc(NC(=O)NCCCCCC(=O)O)cc1. The van der Waals surface area contributed by atoms with E-state index in [9.17, 15) is 9.59 Å². The van der Waals surface area contributed by atoms with E-state index in [2.05, 4.69) is 10.6 Å². The second-order valence-electron chi connectivity index (χ2n) is 5.03. The Hall–Kier alpha value is -2.24. The zero-order chi connectivity index (χ0) is 15.7. The molecule has 0 bridgehead atoms. The topological polar surface area (TPSA) is 81.7 Å². The van der Waals surface area contributed by atoms with Gasteiger partial charge in [0.1, 0.15) is 0 Å². The van der Waals surface area contributed by atoms with E-state index in [1.54, 1.807) is 0 Å². The van der Waals surface area contributed by atoms with Crippen molar-refractivity contribution in [3.63, 3.8) is 0 Å². The van der Waals surface area contributed by atoms with Gasteiger partial charge in [-0.25, -0.2) is 4.79 Å². The summed E-state index contributed by atoms with van der Waals surface area (Å²) in [5.74, 6) is -0.776. The summed E-state index contributed by atoms with van der Waals surface area (Å²) in [7, 11) is 3.92. The third kappa shape index (κ3) is 7.20. The minimum absolute atomic E-state index is 0.185. The molecule has 1 rings (SSSR count). The van der Waals surface area contributed by atoms with Crippen LogP contribution in [-0.4, -0.2) is 37.7 Å². The summed E-state index contributed by atoms with van der Waals surface area (Å²) in [5, 5.41) is 14.0. The highest BCUT2D eigenvalue weighted by Crippen LogP contribution is 2.15. The molecule has 0 fully saturated rings. The van der Waals surface area contributed by atoms with Crippen molar-refractivity contribution >= 4 is 23.4 Å². The number of unbranched alkanes of at least 4 members (excludes halogenated alkanes) is 2. The van der Waals surface area contributed by atoms with Crippen LogP contribution in [0.15, 0.2) is 24.3 Å². The summed E-state index contributed by atoms with van der Waals surface area (Å²) >= 11 is 0. The molecule has 0 aliphatic heterocycles. The molecule has 0 unspecified atom stereocenters. The van der Waals surface area contributed by atoms with Crippen LogP contribution in [0.4, 0.5) is 16.2 Å². The lowest BCUT2D eigenvalue weighted by atomic mass is 10.2. The summed E-state index contributed by atoms with van der Waals surface area (Å²) in [5.41, 5.74) is 1.81. The molecule has 3 N–H and O–H groups in total. The molecule has 0 aliphatic carbocycles. The molecule has 0 aromatic heterocycles. The number of amides is 2. The van der Waals surface area contributed by atoms with E-state index in [0.29, 0.717) is 13.0 Å². The zero-order valence-electron chi connectivity index (χ0n) is 12.6. The summed E-state index contributed by atoms with van der Waals surface area (Å²) < 4.78 is 0. The normalized spacial score (nSPS) is 10.0. The monoisotopic (exact) mass is 293 g/mol. The van der Waals surface area contributed by atoms with Gasteiger partial charge in [-0.2, -0.15) is 0 Å². The fraction of sp³-hybridized carbons (Fsp3) is 0.467. The quantitative estimate of drug-likeness (QED) is 0.643. The maximum absolute atomic E-state index is 11.6. The summed E-state index contributed by atoms with van der Waals surface area (Å²) in [6.07, 6.45) is 2.40. The van der Waals surface area contributed by atoms with Gasteiger partial charge in [-0.15, -0.1) is 0 Å². The van der Waals surface area contributed by atoms with Crippen LogP contribution in [0, 0.1) is 0 Å². The first-order valence-corrected chi connectivity index (χ1v) is 7.03. The van der Waals surface area contributed by atoms with Crippen LogP contribution >= 0.6 is 0 Å². The molecule has 0 spiro atoms. The molecule has 1 aromatic carbocycles. The van der Waals surface area contributed by atoms with Gasteiger partial charge in [-0.3, -0.25) is 4.79 Å². The maximum Gasteiger partial charge on any atom is 0.319 e. The molecule has 0 aliphatic rings. The first kappa shape index (κ1) is 16.8. The highest BCUT2D eigenvalue weighted by molar-refractivity contribution is 5.89. The van der Waals surface area contributed by atoms with Gasteiger partial charge < -0.3 is 20.6 Å². The second kappa shape index (κ2) is 8.84. The van der Waals surface area contributed by atoms with Crippen LogP contribution in [0.5, 0.6) is 0 Å². The number of carboxylic acids is 1. The van der Waals surface area contributed by atoms with Gasteiger partial charge >= 0.3 is 12.0 Å². The zero-order valence-corrected chi connectivity index (χ0v) is 12.6. The van der Waals surface area contributed by atoms with Gasteiger partial charge in [0.25, 0.3) is 0 Å². The lowest BCUT2D eigenvalue weighted by Gasteiger charge is -2.13. The minimum atomic E-state index is -0.776. The van der Waals surface area contributed by atoms with Crippen LogP contribution < -0.4 is 15.5 Å². The van der Waals surface area contributed by atoms with Gasteiger partial charge in [0.05, 0.1) is 0 Å². The number of nitrogens with zero attached hydrogens (tertiary/aromatic N) is 1. The van der Waals surface area contributed by atoms with Crippen molar-refractivity contribution in [1.82, 2.24) is 5.32 Å². The number of hydrogen-bond acceptors (Lipinski definition) is 3. The van der Waals surface area contributed by atoms with E-state index >= 15 is 0 Å². The molecule has 116 valence electrons. The predicted molar refractivity (Wildman–Crippen MR) is 83.9 cm³/mol. The molecule has 21 heavy (non-hydrogen) atoms. The largest absolute Gasteiger partial charge is 0.481 e. The number of carboxylic acid groups (broad SMARTS) is 1. The lowest BCUT2D eigenvalue weighted by Crippen LogP contribution is -2.29. The fourth-order valence-electron chi connectivity index (χ4n) is 1.80. The Morgan fingerprint density at radius 1 is 1.10 bits per heavy atom. The van der Waals surface area contributed by atoms with Crippen molar-refractivity contribution in [2.45, 2.75) is 25.7 Å². The van der Waals surface area contributed by atoms with Crippen LogP contribution in [-0.2, 0) is 4.79 Å². The van der Waals surface area contributed by atoms with Crippen LogP contribution in [0.3, 0.4) is 0 Å². The standard InChI is InChI=1S/C15H23N3O3/c1-18(2)13-9-7-12(8-10-13)17-15(21)16-11-5-3-4-6-14(19)20/h7-10H,3-6,11H2,1-2H3,(H,19,20)(H2,16,17,21). The molecule has 1 aromatic rings. The van der Waals surface area contributed by atoms with Gasteiger partial charge in [-0.1, -0.05) is 6.42 Å². The Balaban J connectivity index is 2.20. The highest BCUT2D eigenvalue weighted by atomic mass is 16.4. The fourth-order valence-corrected chi connectivity index (χ4v) is 1.80. The number of aliphatic carboxylic acids is 1. The van der Waals surface area contributed by atoms with Gasteiger partial charge in [-0.05, 0) is 37.1 Å². The van der Waals surface area contributed by atoms with E-state index in [4.69, 9.17) is 5.11 Å². The number of rotatable bonds is 8. The van der Waals surface area contributed by atoms with Gasteiger partial charge in [0, 0.05) is 38.4 Å². The molecular formula is C15H23N3O3. The molecule has 6 nitrogen and oxygen atoms in total. The second-order valence-corrected chi connectivity index (χ2v) is 5.03. The van der Waals surface area contributed by atoms with Crippen molar-refractivity contribution in [2.24, 2.45) is 0 Å². The maximum atomic E-state index is 11.6. The van der Waals surface area contributed by atoms with E-state index < -0.39 is 5.97 Å². The number of nitrogens with one attached hydrogen (secondary N) is 2. The summed E-state index contributed by atoms with van der Waals surface area (Å²) in [4.78, 5) is 24.0. The van der Waals surface area contributed by atoms with Crippen LogP contribution in [0.1, 0.15) is 25.7 Å². The smallest absolute Gasteiger partial charge is 0.319 e. The highest BCUT2D eigenvalue weighted by Gasteiger charge is 2.02. The number of anilines is 2. The number of carbonyl (C=O) groups excluding carboxylic acids is 1. The van der Waals surface area contributed by atoms with E-state index in [1.807, 2.05) is 43.3 Å². The van der Waals surface area contributed by atoms with Crippen molar-refractivity contribution in [2.75, 3.05) is 30.9 Å². The van der Waals surface area contributed by atoms with Gasteiger partial charge in [0.15, 0.2) is 0 Å². The van der Waals surface area contributed by atoms with Crippen molar-refractivity contribution in [1.29, 1.82) is 0 Å². The van der Waals surface area contributed by atoms with Crippen molar-refractivity contribution in [3.8, 4) is 0 Å². The average Bonchev–Trinajstić information content (AvgIpc) is 2.43. The van der Waals surface area contributed by atoms with Gasteiger partial charge in [0.2, 0.25) is 0 Å². The molecule has 0 radical (unpaired) electrons. The third-order valence-corrected chi connectivity index (χ3v) is 2.99. The molecule has 0 atom stereocenters. The summed E-state index contributed by atoms with van der Waals surface area (Å²) in [6, 6.07) is 7.32. The predicted octanol–water partition coefficient (Wildman–Crippen LogP) is 2.52. The first-order valence-electron chi connectivity index (χ1n) is 7.03. The van der Waals surface area contributed by atoms with Crippen LogP contribution in [0.25, 0.3) is 0 Å². The Morgan fingerprint density at radius 2 is 1.76 bits per heavy atom. The Kier molecular flexibility index (Phi) is 7.08.